The molecule has 1 heterocycles. The molecule has 9 heavy (non-hydrogen) atoms. The maximum absolute atomic E-state index is 10.4. The zero-order valence-corrected chi connectivity index (χ0v) is 5.50. The summed E-state index contributed by atoms with van der Waals surface area (Å²) in [7, 11) is 2.66. The van der Waals surface area contributed by atoms with E-state index in [1.165, 1.54) is 0 Å². The van der Waals surface area contributed by atoms with E-state index in [2.05, 4.69) is 0 Å². The zero-order valence-electron chi connectivity index (χ0n) is 5.50. The average Bonchev–Trinajstić information content (AvgIpc) is 2.13. The number of nitrogens with zero attached hydrogens (tertiary/aromatic N) is 1. The first-order chi connectivity index (χ1) is 4.22. The van der Waals surface area contributed by atoms with Crippen LogP contribution in [0.1, 0.15) is 0 Å². The molecule has 50 valence electrons. The quantitative estimate of drug-likeness (QED) is 0.468. The Bertz CT molecular complexity index is 128. The Hall–Kier alpha value is -0.505. The van der Waals surface area contributed by atoms with Crippen LogP contribution in [0, 0.1) is 0 Å². The van der Waals surface area contributed by atoms with Gasteiger partial charge in [0.1, 0.15) is 0 Å². The molecule has 1 fully saturated rings. The molecule has 1 aliphatic rings. The summed E-state index contributed by atoms with van der Waals surface area (Å²) in [5, 5.41) is 8.54. The van der Waals surface area contributed by atoms with Gasteiger partial charge in [-0.15, -0.1) is 0 Å². The van der Waals surface area contributed by atoms with E-state index in [-0.39, 0.29) is 5.94 Å². The zero-order chi connectivity index (χ0) is 6.85. The third-order valence-electron chi connectivity index (χ3n) is 1.81. The van der Waals surface area contributed by atoms with Crippen LogP contribution in [-0.4, -0.2) is 42.8 Å². The summed E-state index contributed by atoms with van der Waals surface area (Å²) < 4.78 is 0. The normalized spacial score (nSPS) is 27.9. The number of hydrogen-bond acceptors (Lipinski definition) is 2. The highest BCUT2D eigenvalue weighted by Crippen LogP contribution is 2.06. The monoisotopic (exact) mass is 127 g/mol. The number of carbonyl (C=O) groups is 1. The number of aliphatic carboxylic acids is 1. The first kappa shape index (κ1) is 6.61. The maximum atomic E-state index is 10.4. The lowest BCUT2D eigenvalue weighted by Crippen LogP contribution is -2.35. The molecule has 0 spiro atoms. The van der Waals surface area contributed by atoms with Gasteiger partial charge in [0.15, 0.2) is 7.28 Å². The summed E-state index contributed by atoms with van der Waals surface area (Å²) in [4.78, 5) is 12.2. The molecule has 0 bridgehead atoms. The van der Waals surface area contributed by atoms with Gasteiger partial charge in [-0.3, -0.25) is 4.79 Å². The summed E-state index contributed by atoms with van der Waals surface area (Å²) in [6.07, 6.45) is 1.02. The van der Waals surface area contributed by atoms with E-state index >= 15 is 0 Å². The van der Waals surface area contributed by atoms with Gasteiger partial charge in [-0.2, -0.15) is 0 Å². The molecule has 0 aromatic rings. The van der Waals surface area contributed by atoms with Crippen molar-refractivity contribution in [3.63, 3.8) is 0 Å². The molecule has 0 radical (unpaired) electrons. The van der Waals surface area contributed by atoms with Crippen molar-refractivity contribution in [3.05, 3.63) is 0 Å². The lowest BCUT2D eigenvalue weighted by atomic mass is 9.70. The van der Waals surface area contributed by atoms with Gasteiger partial charge in [-0.05, 0) is 13.6 Å². The highest BCUT2D eigenvalue weighted by atomic mass is 16.4. The van der Waals surface area contributed by atoms with Gasteiger partial charge in [-0.25, -0.2) is 0 Å². The predicted octanol–water partition coefficient (Wildman–Crippen LogP) is -0.803. The van der Waals surface area contributed by atoms with Crippen molar-refractivity contribution in [2.45, 2.75) is 12.3 Å². The van der Waals surface area contributed by atoms with Crippen molar-refractivity contribution < 1.29 is 9.90 Å². The van der Waals surface area contributed by atoms with E-state index in [9.17, 15) is 4.79 Å². The van der Waals surface area contributed by atoms with Crippen molar-refractivity contribution in [2.24, 2.45) is 0 Å². The van der Waals surface area contributed by atoms with E-state index in [1.807, 2.05) is 11.9 Å². The Kier molecular flexibility index (Phi) is 1.76. The van der Waals surface area contributed by atoms with Crippen LogP contribution in [0.5, 0.6) is 0 Å². The van der Waals surface area contributed by atoms with Crippen molar-refractivity contribution in [2.75, 3.05) is 13.6 Å². The van der Waals surface area contributed by atoms with Gasteiger partial charge in [0.05, 0.1) is 5.94 Å². The summed E-state index contributed by atoms with van der Waals surface area (Å²) in [5.74, 6) is -0.903. The van der Waals surface area contributed by atoms with Gasteiger partial charge >= 0.3 is 5.97 Å². The Morgan fingerprint density at radius 3 is 2.78 bits per heavy atom. The van der Waals surface area contributed by atoms with Crippen LogP contribution in [-0.2, 0) is 4.79 Å². The summed E-state index contributed by atoms with van der Waals surface area (Å²) in [5.41, 5.74) is 0. The molecule has 0 amide bonds. The molecule has 0 aromatic heterocycles. The third-order valence-corrected chi connectivity index (χ3v) is 1.81. The van der Waals surface area contributed by atoms with Gasteiger partial charge in [0.25, 0.3) is 0 Å². The minimum absolute atomic E-state index is 0.218. The largest absolute Gasteiger partial charge is 0.481 e. The molecule has 1 saturated heterocycles. The Balaban J connectivity index is 2.49. The first-order valence-corrected chi connectivity index (χ1v) is 3.15. The van der Waals surface area contributed by atoms with E-state index in [0.29, 0.717) is 0 Å². The van der Waals surface area contributed by atoms with Crippen LogP contribution in [0.4, 0.5) is 0 Å². The third kappa shape index (κ3) is 1.24. The molecular formula is C5H10BNO2. The van der Waals surface area contributed by atoms with Crippen LogP contribution in [0.15, 0.2) is 0 Å². The van der Waals surface area contributed by atoms with Crippen molar-refractivity contribution in [1.82, 2.24) is 4.90 Å². The standard InChI is InChI=1S/C5H10BNO2/c1-7-3-2-6-4(7)5(8)9/h4,6H,2-3H2,1H3,(H,8,9). The highest BCUT2D eigenvalue weighted by molar-refractivity contribution is 6.44. The fraction of sp³-hybridized carbons (Fsp3) is 0.800. The number of rotatable bonds is 1. The summed E-state index contributed by atoms with van der Waals surface area (Å²) in [6, 6.07) is 0. The van der Waals surface area contributed by atoms with Crippen molar-refractivity contribution >= 4 is 13.2 Å². The second-order valence-electron chi connectivity index (χ2n) is 2.48. The van der Waals surface area contributed by atoms with Gasteiger partial charge in [0.2, 0.25) is 0 Å². The van der Waals surface area contributed by atoms with Crippen LogP contribution in [0.25, 0.3) is 0 Å². The minimum atomic E-state index is -0.685. The number of carboxylic acids is 1. The van der Waals surface area contributed by atoms with Gasteiger partial charge in [0, 0.05) is 0 Å². The molecule has 4 heteroatoms. The molecule has 1 N–H and O–H groups in total. The van der Waals surface area contributed by atoms with E-state index in [4.69, 9.17) is 5.11 Å². The second-order valence-corrected chi connectivity index (χ2v) is 2.48. The van der Waals surface area contributed by atoms with Crippen LogP contribution in [0.3, 0.4) is 0 Å². The maximum Gasteiger partial charge on any atom is 0.312 e. The molecule has 1 rings (SSSR count). The van der Waals surface area contributed by atoms with Crippen LogP contribution >= 0.6 is 0 Å². The molecule has 1 atom stereocenters. The molecule has 0 aromatic carbocycles. The second kappa shape index (κ2) is 2.39. The SMILES string of the molecule is CN1CCBC1C(=O)O. The molecule has 0 aliphatic carbocycles. The fourth-order valence-corrected chi connectivity index (χ4v) is 1.22. The van der Waals surface area contributed by atoms with Crippen molar-refractivity contribution in [3.8, 4) is 0 Å². The molecule has 1 unspecified atom stereocenters. The molecule has 1 aliphatic heterocycles. The highest BCUT2D eigenvalue weighted by Gasteiger charge is 2.27. The van der Waals surface area contributed by atoms with Gasteiger partial charge in [-0.1, -0.05) is 6.32 Å². The topological polar surface area (TPSA) is 40.5 Å². The van der Waals surface area contributed by atoms with Crippen molar-refractivity contribution in [1.29, 1.82) is 0 Å². The smallest absolute Gasteiger partial charge is 0.312 e. The fourth-order valence-electron chi connectivity index (χ4n) is 1.22. The van der Waals surface area contributed by atoms with E-state index in [1.54, 1.807) is 0 Å². The number of carboxylic acid groups (broad SMARTS) is 1. The Labute approximate surface area is 54.9 Å². The average molecular weight is 127 g/mol. The van der Waals surface area contributed by atoms with E-state index in [0.717, 1.165) is 20.1 Å². The predicted molar refractivity (Wildman–Crippen MR) is 36.0 cm³/mol. The molecular weight excluding hydrogens is 117 g/mol. The molecule has 3 nitrogen and oxygen atoms in total. The summed E-state index contributed by atoms with van der Waals surface area (Å²) in [6.45, 7) is 0.928. The Morgan fingerprint density at radius 1 is 1.89 bits per heavy atom. The van der Waals surface area contributed by atoms with E-state index < -0.39 is 5.97 Å². The number of likely N-dealkylation sites (N-methyl/N-ethyl adjacent to an activating group) is 1. The minimum Gasteiger partial charge on any atom is -0.481 e. The van der Waals surface area contributed by atoms with Crippen LogP contribution in [0.2, 0.25) is 6.32 Å². The Morgan fingerprint density at radius 2 is 2.56 bits per heavy atom. The summed E-state index contributed by atoms with van der Waals surface area (Å²) >= 11 is 0. The number of hydrogen-bond donors (Lipinski definition) is 1. The lowest BCUT2D eigenvalue weighted by Gasteiger charge is -2.13. The van der Waals surface area contributed by atoms with Crippen LogP contribution < -0.4 is 0 Å². The lowest BCUT2D eigenvalue weighted by molar-refractivity contribution is -0.139. The van der Waals surface area contributed by atoms with Gasteiger partial charge < -0.3 is 10.0 Å². The first-order valence-electron chi connectivity index (χ1n) is 3.15. The molecule has 0 saturated carbocycles.